The fourth-order valence-corrected chi connectivity index (χ4v) is 3.87. The highest BCUT2D eigenvalue weighted by atomic mass is 16.5. The lowest BCUT2D eigenvalue weighted by molar-refractivity contribution is 0.122. The highest BCUT2D eigenvalue weighted by Crippen LogP contribution is 2.40. The fraction of sp³-hybridized carbons (Fsp3) is 0.333. The summed E-state index contributed by atoms with van der Waals surface area (Å²) in [5.74, 6) is 2.21. The van der Waals surface area contributed by atoms with Crippen LogP contribution in [0, 0.1) is 0 Å². The number of hydrogen-bond donors (Lipinski definition) is 2. The number of rotatable bonds is 4. The SMILES string of the molecule is COc1ncccc1-c1nc(N2CCOCC2)nc2c1CCN2c1cccnc1.O[B]O. The molecule has 32 heavy (non-hydrogen) atoms. The van der Waals surface area contributed by atoms with Crippen molar-refractivity contribution in [1.29, 1.82) is 0 Å². The topological polar surface area (TPSA) is 117 Å². The molecule has 1 radical (unpaired) electrons. The second-order valence-corrected chi connectivity index (χ2v) is 7.06. The van der Waals surface area contributed by atoms with Gasteiger partial charge in [-0.3, -0.25) is 4.98 Å². The highest BCUT2D eigenvalue weighted by molar-refractivity contribution is 6.13. The van der Waals surface area contributed by atoms with Crippen molar-refractivity contribution in [1.82, 2.24) is 19.9 Å². The molecule has 0 saturated carbocycles. The molecule has 0 bridgehead atoms. The molecule has 0 aromatic carbocycles. The normalized spacial score (nSPS) is 15.0. The zero-order valence-corrected chi connectivity index (χ0v) is 17.8. The van der Waals surface area contributed by atoms with Gasteiger partial charge in [0.25, 0.3) is 0 Å². The van der Waals surface area contributed by atoms with E-state index in [1.165, 1.54) is 0 Å². The van der Waals surface area contributed by atoms with Crippen molar-refractivity contribution in [2.24, 2.45) is 0 Å². The van der Waals surface area contributed by atoms with Gasteiger partial charge in [-0.2, -0.15) is 4.98 Å². The van der Waals surface area contributed by atoms with E-state index in [-0.39, 0.29) is 7.69 Å². The molecule has 1 fully saturated rings. The molecule has 2 aliphatic heterocycles. The van der Waals surface area contributed by atoms with Crippen molar-refractivity contribution in [2.75, 3.05) is 49.8 Å². The van der Waals surface area contributed by atoms with Crippen LogP contribution in [-0.4, -0.2) is 77.6 Å². The minimum Gasteiger partial charge on any atom is -0.481 e. The van der Waals surface area contributed by atoms with E-state index in [0.29, 0.717) is 25.0 Å². The number of hydrogen-bond acceptors (Lipinski definition) is 10. The third-order valence-electron chi connectivity index (χ3n) is 5.29. The molecule has 5 rings (SSSR count). The molecule has 2 N–H and O–H groups in total. The van der Waals surface area contributed by atoms with E-state index < -0.39 is 0 Å². The molecule has 0 amide bonds. The van der Waals surface area contributed by atoms with Crippen LogP contribution in [0.15, 0.2) is 42.9 Å². The minimum absolute atomic E-state index is 0. The molecular formula is C21H24BN6O4. The van der Waals surface area contributed by atoms with E-state index in [4.69, 9.17) is 29.5 Å². The average molecular weight is 435 g/mol. The molecule has 5 heterocycles. The molecule has 1 saturated heterocycles. The number of pyridine rings is 2. The lowest BCUT2D eigenvalue weighted by Gasteiger charge is -2.28. The monoisotopic (exact) mass is 435 g/mol. The zero-order valence-electron chi connectivity index (χ0n) is 17.8. The number of methoxy groups -OCH3 is 1. The van der Waals surface area contributed by atoms with E-state index in [0.717, 1.165) is 54.4 Å². The first-order valence-electron chi connectivity index (χ1n) is 10.3. The van der Waals surface area contributed by atoms with Crippen LogP contribution < -0.4 is 14.5 Å². The Morgan fingerprint density at radius 1 is 1.06 bits per heavy atom. The van der Waals surface area contributed by atoms with E-state index in [2.05, 4.69) is 25.8 Å². The van der Waals surface area contributed by atoms with Crippen LogP contribution in [0.2, 0.25) is 0 Å². The molecule has 11 heteroatoms. The molecule has 0 spiro atoms. The van der Waals surface area contributed by atoms with Gasteiger partial charge in [0.1, 0.15) is 5.82 Å². The fourth-order valence-electron chi connectivity index (χ4n) is 3.87. The third kappa shape index (κ3) is 4.50. The molecule has 165 valence electrons. The van der Waals surface area contributed by atoms with Gasteiger partial charge in [-0.15, -0.1) is 0 Å². The standard InChI is InChI=1S/C21H22N6O2.BH2O2/c1-28-20-17(5-3-8-23-20)18-16-6-9-27(15-4-2-7-22-14-15)19(16)25-21(24-18)26-10-12-29-13-11-26;2-1-3/h2-5,7-8,14H,6,9-13H2,1H3;2-3H. The summed E-state index contributed by atoms with van der Waals surface area (Å²) in [6, 6.07) is 7.92. The molecule has 2 aliphatic rings. The van der Waals surface area contributed by atoms with E-state index in [1.54, 1.807) is 19.5 Å². The Morgan fingerprint density at radius 3 is 2.56 bits per heavy atom. The van der Waals surface area contributed by atoms with Crippen LogP contribution in [0.3, 0.4) is 0 Å². The van der Waals surface area contributed by atoms with Crippen molar-refractivity contribution < 1.29 is 19.5 Å². The number of nitrogens with zero attached hydrogens (tertiary/aromatic N) is 6. The maximum Gasteiger partial charge on any atom is 0.482 e. The number of aromatic nitrogens is 4. The van der Waals surface area contributed by atoms with Gasteiger partial charge < -0.3 is 29.3 Å². The van der Waals surface area contributed by atoms with Crippen LogP contribution in [0.1, 0.15) is 5.56 Å². The quantitative estimate of drug-likeness (QED) is 0.575. The van der Waals surface area contributed by atoms with Crippen LogP contribution in [-0.2, 0) is 11.2 Å². The molecule has 0 atom stereocenters. The maximum absolute atomic E-state index is 7.00. The van der Waals surface area contributed by atoms with Gasteiger partial charge in [-0.05, 0) is 30.7 Å². The Morgan fingerprint density at radius 2 is 1.84 bits per heavy atom. The Bertz CT molecular complexity index is 1040. The van der Waals surface area contributed by atoms with Crippen molar-refractivity contribution in [3.63, 3.8) is 0 Å². The zero-order chi connectivity index (χ0) is 22.3. The summed E-state index contributed by atoms with van der Waals surface area (Å²) in [6.07, 6.45) is 6.23. The van der Waals surface area contributed by atoms with E-state index in [9.17, 15) is 0 Å². The maximum atomic E-state index is 7.00. The van der Waals surface area contributed by atoms with Gasteiger partial charge in [-0.1, -0.05) is 0 Å². The van der Waals surface area contributed by atoms with Gasteiger partial charge >= 0.3 is 7.69 Å². The van der Waals surface area contributed by atoms with Crippen LogP contribution in [0.25, 0.3) is 11.3 Å². The summed E-state index contributed by atoms with van der Waals surface area (Å²) < 4.78 is 11.0. The summed E-state index contributed by atoms with van der Waals surface area (Å²) in [5, 5.41) is 14.0. The Balaban J connectivity index is 0.000000775. The summed E-state index contributed by atoms with van der Waals surface area (Å²) in [6.45, 7) is 3.74. The Kier molecular flexibility index (Phi) is 7.10. The van der Waals surface area contributed by atoms with Crippen LogP contribution >= 0.6 is 0 Å². The van der Waals surface area contributed by atoms with Gasteiger partial charge in [0.2, 0.25) is 11.8 Å². The Hall–Kier alpha value is -3.28. The molecule has 10 nitrogen and oxygen atoms in total. The summed E-state index contributed by atoms with van der Waals surface area (Å²) in [7, 11) is 1.64. The molecule has 0 unspecified atom stereocenters. The van der Waals surface area contributed by atoms with Gasteiger partial charge in [0.05, 0.1) is 43.5 Å². The summed E-state index contributed by atoms with van der Waals surface area (Å²) >= 11 is 0. The van der Waals surface area contributed by atoms with Crippen LogP contribution in [0.5, 0.6) is 5.88 Å². The second-order valence-electron chi connectivity index (χ2n) is 7.06. The third-order valence-corrected chi connectivity index (χ3v) is 5.29. The lowest BCUT2D eigenvalue weighted by atomic mass is 10.1. The first-order valence-corrected chi connectivity index (χ1v) is 10.3. The van der Waals surface area contributed by atoms with Crippen LogP contribution in [0.4, 0.5) is 17.5 Å². The smallest absolute Gasteiger partial charge is 0.481 e. The van der Waals surface area contributed by atoms with Gasteiger partial charge in [0, 0.05) is 37.6 Å². The number of ether oxygens (including phenoxy) is 2. The highest BCUT2D eigenvalue weighted by Gasteiger charge is 2.30. The van der Waals surface area contributed by atoms with E-state index in [1.807, 2.05) is 24.4 Å². The van der Waals surface area contributed by atoms with Crippen molar-refractivity contribution in [2.45, 2.75) is 6.42 Å². The number of fused-ring (bicyclic) bond motifs is 1. The van der Waals surface area contributed by atoms with Crippen molar-refractivity contribution >= 4 is 25.1 Å². The van der Waals surface area contributed by atoms with E-state index >= 15 is 0 Å². The predicted octanol–water partition coefficient (Wildman–Crippen LogP) is 0.978. The number of anilines is 3. The number of morpholine rings is 1. The lowest BCUT2D eigenvalue weighted by Crippen LogP contribution is -2.37. The van der Waals surface area contributed by atoms with Gasteiger partial charge in [-0.25, -0.2) is 9.97 Å². The molecule has 3 aromatic heterocycles. The predicted molar refractivity (Wildman–Crippen MR) is 120 cm³/mol. The van der Waals surface area contributed by atoms with Gasteiger partial charge in [0.15, 0.2) is 0 Å². The summed E-state index contributed by atoms with van der Waals surface area (Å²) in [4.78, 5) is 23.0. The molecule has 0 aliphatic carbocycles. The first kappa shape index (κ1) is 21.9. The Labute approximate surface area is 186 Å². The largest absolute Gasteiger partial charge is 0.482 e. The average Bonchev–Trinajstić information content (AvgIpc) is 3.29. The summed E-state index contributed by atoms with van der Waals surface area (Å²) in [5.41, 5.74) is 3.91. The second kappa shape index (κ2) is 10.4. The molecular weight excluding hydrogens is 411 g/mol. The van der Waals surface area contributed by atoms with Crippen molar-refractivity contribution in [3.8, 4) is 17.1 Å². The minimum atomic E-state index is 0. The molecule has 3 aromatic rings. The first-order chi connectivity index (χ1) is 15.8. The van der Waals surface area contributed by atoms with Crippen molar-refractivity contribution in [3.05, 3.63) is 48.4 Å².